The van der Waals surface area contributed by atoms with Gasteiger partial charge in [-0.2, -0.15) is 0 Å². The number of phenols is 1. The predicted molar refractivity (Wildman–Crippen MR) is 148 cm³/mol. The predicted octanol–water partition coefficient (Wildman–Crippen LogP) is 5.45. The topological polar surface area (TPSA) is 62.2 Å². The number of ether oxygens (including phenoxy) is 2. The van der Waals surface area contributed by atoms with Crippen LogP contribution in [0.15, 0.2) is 48.1 Å². The lowest BCUT2D eigenvalue weighted by molar-refractivity contribution is -0.319. The van der Waals surface area contributed by atoms with Gasteiger partial charge in [0.1, 0.15) is 11.7 Å². The highest BCUT2D eigenvalue weighted by Crippen LogP contribution is 2.79. The van der Waals surface area contributed by atoms with E-state index in [-0.39, 0.29) is 22.7 Å². The second-order valence-corrected chi connectivity index (χ2v) is 13.7. The maximum atomic E-state index is 12.1. The van der Waals surface area contributed by atoms with Crippen LogP contribution in [0.1, 0.15) is 70.4 Å². The third-order valence-corrected chi connectivity index (χ3v) is 11.8. The van der Waals surface area contributed by atoms with Gasteiger partial charge >= 0.3 is 0 Å². The fourth-order valence-corrected chi connectivity index (χ4v) is 10.1. The van der Waals surface area contributed by atoms with Crippen LogP contribution in [0.3, 0.4) is 0 Å². The zero-order chi connectivity index (χ0) is 26.7. The van der Waals surface area contributed by atoms with Crippen molar-refractivity contribution >= 4 is 0 Å². The molecule has 204 valence electrons. The van der Waals surface area contributed by atoms with Crippen LogP contribution in [0.25, 0.3) is 0 Å². The number of rotatable bonds is 7. The summed E-state index contributed by atoms with van der Waals surface area (Å²) in [6.07, 6.45) is 12.5. The second-order valence-electron chi connectivity index (χ2n) is 13.7. The summed E-state index contributed by atoms with van der Waals surface area (Å²) in [6, 6.07) is 4.38. The Kier molecular flexibility index (Phi) is 5.24. The van der Waals surface area contributed by atoms with Crippen LogP contribution >= 0.6 is 0 Å². The Hall–Kier alpha value is -2.08. The molecular weight excluding hydrogens is 474 g/mol. The quantitative estimate of drug-likeness (QED) is 0.471. The van der Waals surface area contributed by atoms with Gasteiger partial charge in [0.15, 0.2) is 11.5 Å². The van der Waals surface area contributed by atoms with Crippen molar-refractivity contribution in [2.45, 2.75) is 95.0 Å². The van der Waals surface area contributed by atoms with Crippen molar-refractivity contribution in [3.05, 3.63) is 59.2 Å². The smallest absolute Gasteiger partial charge is 0.165 e. The standard InChI is InChI=1S/C33H43NO4/c1-20(2)7-6-8-21(3)28(36)30(4)19-31-13-14-33(30,37-5)29-32(31)15-16-34(18-22-9-10-22)25(31)17-23-11-12-24(35)27(38-29)26(23)32/h6-8,11-12,22,25,28-29,35-36H,3,9-10,13-19H2,1-2,4-5H3/b8-6-/t25-,28+,29-,30-,31-,32+,33+/m1/s1. The SMILES string of the molecule is C=C(/C=C\C=C(C)C)[C@H](O)[C@@]1(C)C[C@@]23CC[C@]1(OC)[C@@H]1Oc4c(O)ccc5c4[C@@]12CCN(CC1CC1)[C@@H]3C5. The summed E-state index contributed by atoms with van der Waals surface area (Å²) in [7, 11) is 1.80. The summed E-state index contributed by atoms with van der Waals surface area (Å²) < 4.78 is 13.6. The van der Waals surface area contributed by atoms with E-state index in [0.717, 1.165) is 44.6 Å². The van der Waals surface area contributed by atoms with Crippen molar-refractivity contribution in [2.75, 3.05) is 20.2 Å². The molecular formula is C33H43NO4. The van der Waals surface area contributed by atoms with Crippen LogP contribution < -0.4 is 4.74 Å². The molecule has 0 amide bonds. The number of piperidine rings is 1. The Morgan fingerprint density at radius 3 is 2.76 bits per heavy atom. The summed E-state index contributed by atoms with van der Waals surface area (Å²) in [6.45, 7) is 12.9. The fourth-order valence-electron chi connectivity index (χ4n) is 10.1. The van der Waals surface area contributed by atoms with Crippen LogP contribution in [0.5, 0.6) is 11.5 Å². The molecule has 8 rings (SSSR count). The first kappa shape index (κ1) is 24.9. The molecule has 4 saturated carbocycles. The van der Waals surface area contributed by atoms with Crippen LogP contribution in [-0.4, -0.2) is 59.2 Å². The molecule has 2 spiro atoms. The summed E-state index contributed by atoms with van der Waals surface area (Å²) in [5.41, 5.74) is 2.99. The van der Waals surface area contributed by atoms with Gasteiger partial charge < -0.3 is 19.7 Å². The monoisotopic (exact) mass is 517 g/mol. The molecule has 7 atom stereocenters. The van der Waals surface area contributed by atoms with E-state index in [1.807, 2.05) is 18.2 Å². The Morgan fingerprint density at radius 1 is 1.26 bits per heavy atom. The normalized spacial score (nSPS) is 41.1. The average Bonchev–Trinajstić information content (AvgIpc) is 3.63. The first-order valence-corrected chi connectivity index (χ1v) is 14.6. The van der Waals surface area contributed by atoms with Gasteiger partial charge in [-0.1, -0.05) is 43.4 Å². The van der Waals surface area contributed by atoms with Crippen LogP contribution in [0, 0.1) is 16.7 Å². The summed E-state index contributed by atoms with van der Waals surface area (Å²) in [5, 5.41) is 23.2. The molecule has 2 aliphatic heterocycles. The highest BCUT2D eigenvalue weighted by atomic mass is 16.6. The number of allylic oxidation sites excluding steroid dienone is 3. The number of methoxy groups -OCH3 is 1. The van der Waals surface area contributed by atoms with Gasteiger partial charge in [-0.05, 0) is 88.5 Å². The van der Waals surface area contributed by atoms with E-state index in [0.29, 0.717) is 17.4 Å². The third kappa shape index (κ3) is 2.83. The van der Waals surface area contributed by atoms with E-state index < -0.39 is 17.1 Å². The van der Waals surface area contributed by atoms with Gasteiger partial charge in [0.2, 0.25) is 0 Å². The average molecular weight is 518 g/mol. The largest absolute Gasteiger partial charge is 0.504 e. The molecule has 1 saturated heterocycles. The Morgan fingerprint density at radius 2 is 2.05 bits per heavy atom. The van der Waals surface area contributed by atoms with Crippen LogP contribution in [-0.2, 0) is 16.6 Å². The number of hydrogen-bond donors (Lipinski definition) is 2. The lowest BCUT2D eigenvalue weighted by atomic mass is 9.31. The van der Waals surface area contributed by atoms with Crippen molar-refractivity contribution in [3.63, 3.8) is 0 Å². The van der Waals surface area contributed by atoms with Crippen molar-refractivity contribution in [1.82, 2.24) is 4.90 Å². The lowest BCUT2D eigenvalue weighted by Crippen LogP contribution is -2.84. The number of aromatic hydroxyl groups is 1. The second kappa shape index (κ2) is 7.99. The first-order chi connectivity index (χ1) is 18.1. The maximum absolute atomic E-state index is 12.1. The van der Waals surface area contributed by atoms with Crippen molar-refractivity contribution in [2.24, 2.45) is 16.7 Å². The van der Waals surface area contributed by atoms with Crippen LogP contribution in [0.4, 0.5) is 0 Å². The zero-order valence-corrected chi connectivity index (χ0v) is 23.4. The molecule has 2 heterocycles. The van der Waals surface area contributed by atoms with Gasteiger partial charge in [0.05, 0.1) is 6.10 Å². The first-order valence-electron chi connectivity index (χ1n) is 14.6. The molecule has 7 aliphatic rings. The van der Waals surface area contributed by atoms with E-state index in [2.05, 4.69) is 44.4 Å². The van der Waals surface area contributed by atoms with E-state index in [1.54, 1.807) is 7.11 Å². The number of nitrogens with zero attached hydrogens (tertiary/aromatic N) is 1. The van der Waals surface area contributed by atoms with E-state index >= 15 is 0 Å². The molecule has 38 heavy (non-hydrogen) atoms. The Balaban J connectivity index is 1.40. The molecule has 0 radical (unpaired) electrons. The number of phenolic OH excluding ortho intramolecular Hbond substituents is 1. The Bertz CT molecular complexity index is 1260. The van der Waals surface area contributed by atoms with Gasteiger partial charge in [-0.3, -0.25) is 4.90 Å². The molecule has 0 unspecified atom stereocenters. The molecule has 5 heteroatoms. The minimum absolute atomic E-state index is 0.0449. The van der Waals surface area contributed by atoms with Crippen molar-refractivity contribution in [1.29, 1.82) is 0 Å². The molecule has 4 bridgehead atoms. The van der Waals surface area contributed by atoms with E-state index in [9.17, 15) is 10.2 Å². The number of hydrogen-bond acceptors (Lipinski definition) is 5. The summed E-state index contributed by atoms with van der Waals surface area (Å²) >= 11 is 0. The Labute approximate surface area is 227 Å². The highest BCUT2D eigenvalue weighted by molar-refractivity contribution is 5.63. The number of likely N-dealkylation sites (tertiary alicyclic amines) is 1. The van der Waals surface area contributed by atoms with Gasteiger partial charge in [0, 0.05) is 41.5 Å². The minimum atomic E-state index is -0.765. The maximum Gasteiger partial charge on any atom is 0.165 e. The number of fused-ring (bicyclic) bond motifs is 2. The van der Waals surface area contributed by atoms with E-state index in [4.69, 9.17) is 9.47 Å². The molecule has 1 aromatic carbocycles. The van der Waals surface area contributed by atoms with Gasteiger partial charge in [-0.25, -0.2) is 0 Å². The summed E-state index contributed by atoms with van der Waals surface area (Å²) in [5.74, 6) is 1.74. The van der Waals surface area contributed by atoms with Crippen LogP contribution in [0.2, 0.25) is 0 Å². The molecule has 1 aromatic rings. The van der Waals surface area contributed by atoms with Crippen molar-refractivity contribution in [3.8, 4) is 11.5 Å². The number of benzene rings is 1. The van der Waals surface area contributed by atoms with E-state index in [1.165, 1.54) is 36.1 Å². The molecule has 5 aliphatic carbocycles. The minimum Gasteiger partial charge on any atom is -0.504 e. The third-order valence-electron chi connectivity index (χ3n) is 11.8. The van der Waals surface area contributed by atoms with Crippen molar-refractivity contribution < 1.29 is 19.7 Å². The molecule has 5 fully saturated rings. The van der Waals surface area contributed by atoms with Gasteiger partial charge in [0.25, 0.3) is 0 Å². The number of aliphatic hydroxyl groups excluding tert-OH is 1. The lowest BCUT2D eigenvalue weighted by Gasteiger charge is -2.77. The number of aliphatic hydroxyl groups is 1. The molecule has 0 aromatic heterocycles. The van der Waals surface area contributed by atoms with Gasteiger partial charge in [-0.15, -0.1) is 0 Å². The zero-order valence-electron chi connectivity index (χ0n) is 23.4. The molecule has 5 nitrogen and oxygen atoms in total. The highest BCUT2D eigenvalue weighted by Gasteiger charge is 2.84. The fraction of sp³-hybridized carbons (Fsp3) is 0.636. The summed E-state index contributed by atoms with van der Waals surface area (Å²) in [4.78, 5) is 2.80. The molecule has 2 N–H and O–H groups in total.